The van der Waals surface area contributed by atoms with Gasteiger partial charge in [0, 0.05) is 16.8 Å². The standard InChI is InChI=1S/C12H17N3O2S/c1-8(2)11-6-9(3)13-12(15-11)14-10-4-5-18(16,17)7-10/h4-6,8,10H,7H2,1-3H3,(H,13,14,15). The number of nitrogens with one attached hydrogen (secondary N) is 1. The van der Waals surface area contributed by atoms with Crippen molar-refractivity contribution in [2.45, 2.75) is 32.7 Å². The van der Waals surface area contributed by atoms with Gasteiger partial charge in [-0.2, -0.15) is 0 Å². The second-order valence-electron chi connectivity index (χ2n) is 4.82. The van der Waals surface area contributed by atoms with Crippen LogP contribution in [0, 0.1) is 6.92 Å². The van der Waals surface area contributed by atoms with Gasteiger partial charge in [0.1, 0.15) is 0 Å². The van der Waals surface area contributed by atoms with Gasteiger partial charge in [-0.25, -0.2) is 18.4 Å². The van der Waals surface area contributed by atoms with Crippen LogP contribution in [0.3, 0.4) is 0 Å². The molecule has 0 fully saturated rings. The number of hydrogen-bond acceptors (Lipinski definition) is 5. The molecule has 1 aromatic heterocycles. The van der Waals surface area contributed by atoms with Crippen LogP contribution < -0.4 is 5.32 Å². The molecule has 1 aliphatic rings. The first-order valence-electron chi connectivity index (χ1n) is 5.89. The number of rotatable bonds is 3. The first-order chi connectivity index (χ1) is 8.35. The van der Waals surface area contributed by atoms with Gasteiger partial charge in [0.2, 0.25) is 5.95 Å². The van der Waals surface area contributed by atoms with Gasteiger partial charge < -0.3 is 5.32 Å². The maximum absolute atomic E-state index is 11.3. The van der Waals surface area contributed by atoms with Crippen molar-refractivity contribution in [1.82, 2.24) is 9.97 Å². The summed E-state index contributed by atoms with van der Waals surface area (Å²) in [5, 5.41) is 4.28. The van der Waals surface area contributed by atoms with E-state index in [1.54, 1.807) is 6.08 Å². The summed E-state index contributed by atoms with van der Waals surface area (Å²) < 4.78 is 22.6. The van der Waals surface area contributed by atoms with Gasteiger partial charge in [0.25, 0.3) is 0 Å². The van der Waals surface area contributed by atoms with Crippen LogP contribution in [0.15, 0.2) is 17.6 Å². The fraction of sp³-hybridized carbons (Fsp3) is 0.500. The van der Waals surface area contributed by atoms with Gasteiger partial charge in [-0.15, -0.1) is 0 Å². The van der Waals surface area contributed by atoms with Gasteiger partial charge in [-0.05, 0) is 25.0 Å². The van der Waals surface area contributed by atoms with Crippen molar-refractivity contribution in [3.8, 4) is 0 Å². The van der Waals surface area contributed by atoms with Crippen LogP contribution in [0.5, 0.6) is 0 Å². The number of hydrogen-bond donors (Lipinski definition) is 1. The fourth-order valence-corrected chi connectivity index (χ4v) is 3.02. The number of aromatic nitrogens is 2. The Morgan fingerprint density at radius 2 is 2.11 bits per heavy atom. The maximum atomic E-state index is 11.3. The molecule has 0 amide bonds. The highest BCUT2D eigenvalue weighted by molar-refractivity contribution is 7.94. The van der Waals surface area contributed by atoms with Crippen LogP contribution in [0.2, 0.25) is 0 Å². The van der Waals surface area contributed by atoms with Crippen molar-refractivity contribution < 1.29 is 8.42 Å². The van der Waals surface area contributed by atoms with E-state index in [1.165, 1.54) is 5.41 Å². The lowest BCUT2D eigenvalue weighted by Crippen LogP contribution is -2.22. The topological polar surface area (TPSA) is 72.0 Å². The zero-order chi connectivity index (χ0) is 13.3. The van der Waals surface area contributed by atoms with Crippen molar-refractivity contribution in [2.75, 3.05) is 11.1 Å². The summed E-state index contributed by atoms with van der Waals surface area (Å²) >= 11 is 0. The van der Waals surface area contributed by atoms with Crippen molar-refractivity contribution in [3.63, 3.8) is 0 Å². The van der Waals surface area contributed by atoms with Gasteiger partial charge in [-0.3, -0.25) is 0 Å². The Hall–Kier alpha value is -1.43. The number of aryl methyl sites for hydroxylation is 1. The highest BCUT2D eigenvalue weighted by Gasteiger charge is 2.22. The van der Waals surface area contributed by atoms with Crippen LogP contribution in [-0.2, 0) is 9.84 Å². The van der Waals surface area contributed by atoms with Crippen molar-refractivity contribution in [3.05, 3.63) is 28.9 Å². The third-order valence-corrected chi connectivity index (χ3v) is 4.11. The van der Waals surface area contributed by atoms with Gasteiger partial charge in [-0.1, -0.05) is 13.8 Å². The molecule has 0 saturated heterocycles. The fourth-order valence-electron chi connectivity index (χ4n) is 1.78. The molecule has 1 aromatic rings. The molecular formula is C12H17N3O2S. The van der Waals surface area contributed by atoms with E-state index in [4.69, 9.17) is 0 Å². The summed E-state index contributed by atoms with van der Waals surface area (Å²) in [4.78, 5) is 8.67. The lowest BCUT2D eigenvalue weighted by atomic mass is 10.1. The molecule has 0 spiro atoms. The van der Waals surface area contributed by atoms with E-state index in [-0.39, 0.29) is 11.8 Å². The molecule has 1 atom stereocenters. The summed E-state index contributed by atoms with van der Waals surface area (Å²) in [6, 6.07) is 1.70. The Balaban J connectivity index is 2.18. The molecule has 18 heavy (non-hydrogen) atoms. The minimum absolute atomic E-state index is 0.0707. The molecule has 1 N–H and O–H groups in total. The SMILES string of the molecule is Cc1cc(C(C)C)nc(NC2C=CS(=O)(=O)C2)n1. The lowest BCUT2D eigenvalue weighted by molar-refractivity contribution is 0.605. The Bertz CT molecular complexity index is 579. The first kappa shape index (κ1) is 13.0. The first-order valence-corrected chi connectivity index (χ1v) is 7.60. The van der Waals surface area contributed by atoms with Gasteiger partial charge in [0.05, 0.1) is 11.8 Å². The zero-order valence-electron chi connectivity index (χ0n) is 10.7. The summed E-state index contributed by atoms with van der Waals surface area (Å²) in [6.45, 7) is 6.02. The Kier molecular flexibility index (Phi) is 3.38. The van der Waals surface area contributed by atoms with Crippen molar-refractivity contribution in [2.24, 2.45) is 0 Å². The van der Waals surface area contributed by atoms with Crippen LogP contribution in [0.1, 0.15) is 31.2 Å². The van der Waals surface area contributed by atoms with E-state index in [1.807, 2.05) is 13.0 Å². The summed E-state index contributed by atoms with van der Waals surface area (Å²) in [6.07, 6.45) is 1.63. The van der Waals surface area contributed by atoms with E-state index in [2.05, 4.69) is 29.1 Å². The van der Waals surface area contributed by atoms with Gasteiger partial charge in [0.15, 0.2) is 9.84 Å². The average Bonchev–Trinajstić information content (AvgIpc) is 2.57. The quantitative estimate of drug-likeness (QED) is 0.901. The Morgan fingerprint density at radius 3 is 2.67 bits per heavy atom. The van der Waals surface area contributed by atoms with E-state index < -0.39 is 9.84 Å². The van der Waals surface area contributed by atoms with Crippen LogP contribution >= 0.6 is 0 Å². The molecule has 0 radical (unpaired) electrons. The molecule has 5 nitrogen and oxygen atoms in total. The molecule has 0 aliphatic carbocycles. The molecule has 0 saturated carbocycles. The second kappa shape index (κ2) is 4.68. The highest BCUT2D eigenvalue weighted by atomic mass is 32.2. The molecule has 98 valence electrons. The highest BCUT2D eigenvalue weighted by Crippen LogP contribution is 2.17. The predicted molar refractivity (Wildman–Crippen MR) is 71.2 cm³/mol. The molecule has 1 unspecified atom stereocenters. The summed E-state index contributed by atoms with van der Waals surface area (Å²) in [7, 11) is -3.05. The lowest BCUT2D eigenvalue weighted by Gasteiger charge is -2.13. The number of anilines is 1. The summed E-state index contributed by atoms with van der Waals surface area (Å²) in [5.74, 6) is 0.877. The monoisotopic (exact) mass is 267 g/mol. The number of sulfone groups is 1. The van der Waals surface area contributed by atoms with Gasteiger partial charge >= 0.3 is 0 Å². The molecule has 6 heteroatoms. The van der Waals surface area contributed by atoms with E-state index in [0.29, 0.717) is 11.9 Å². The molecule has 0 bridgehead atoms. The Labute approximate surface area is 107 Å². The second-order valence-corrected chi connectivity index (χ2v) is 6.75. The zero-order valence-corrected chi connectivity index (χ0v) is 11.5. The average molecular weight is 267 g/mol. The minimum atomic E-state index is -3.05. The predicted octanol–water partition coefficient (Wildman–Crippen LogP) is 1.63. The normalized spacial score (nSPS) is 21.4. The molecule has 1 aliphatic heterocycles. The minimum Gasteiger partial charge on any atom is -0.347 e. The van der Waals surface area contributed by atoms with Crippen molar-refractivity contribution >= 4 is 15.8 Å². The number of nitrogens with zero attached hydrogens (tertiary/aromatic N) is 2. The smallest absolute Gasteiger partial charge is 0.223 e. The third-order valence-electron chi connectivity index (χ3n) is 2.71. The van der Waals surface area contributed by atoms with E-state index >= 15 is 0 Å². The molecule has 2 heterocycles. The molecular weight excluding hydrogens is 250 g/mol. The maximum Gasteiger partial charge on any atom is 0.223 e. The van der Waals surface area contributed by atoms with Crippen molar-refractivity contribution in [1.29, 1.82) is 0 Å². The van der Waals surface area contributed by atoms with Crippen LogP contribution in [0.25, 0.3) is 0 Å². The third kappa shape index (κ3) is 3.07. The van der Waals surface area contributed by atoms with Crippen LogP contribution in [0.4, 0.5) is 5.95 Å². The molecule has 2 rings (SSSR count). The van der Waals surface area contributed by atoms with E-state index in [0.717, 1.165) is 11.4 Å². The van der Waals surface area contributed by atoms with Crippen LogP contribution in [-0.4, -0.2) is 30.2 Å². The summed E-state index contributed by atoms with van der Waals surface area (Å²) in [5.41, 5.74) is 1.83. The molecule has 0 aromatic carbocycles. The largest absolute Gasteiger partial charge is 0.347 e. The van der Waals surface area contributed by atoms with E-state index in [9.17, 15) is 8.42 Å². The Morgan fingerprint density at radius 1 is 1.39 bits per heavy atom.